The van der Waals surface area contributed by atoms with E-state index in [0.29, 0.717) is 35.0 Å². The van der Waals surface area contributed by atoms with Crippen LogP contribution in [0.25, 0.3) is 0 Å². The summed E-state index contributed by atoms with van der Waals surface area (Å²) in [5.74, 6) is -0.0290. The lowest BCUT2D eigenvalue weighted by Crippen LogP contribution is -2.52. The molecule has 0 heterocycles. The van der Waals surface area contributed by atoms with Gasteiger partial charge in [0, 0.05) is 6.54 Å². The van der Waals surface area contributed by atoms with Crippen molar-refractivity contribution in [3.8, 4) is 0 Å². The minimum atomic E-state index is -0.932. The molecule has 2 aromatic rings. The highest BCUT2D eigenvalue weighted by Crippen LogP contribution is 2.30. The van der Waals surface area contributed by atoms with Gasteiger partial charge in [-0.15, -0.1) is 0 Å². The van der Waals surface area contributed by atoms with Crippen LogP contribution in [0.5, 0.6) is 0 Å². The number of amides is 3. The normalized spacial score (nSPS) is 12.8. The molecule has 0 aliphatic carbocycles. The number of halogens is 1. The molecule has 0 aromatic heterocycles. The number of ether oxygens (including phenoxy) is 1. The number of alkyl carbamates (subject to hydrolysis) is 1. The van der Waals surface area contributed by atoms with Crippen LogP contribution in [0.3, 0.4) is 0 Å². The summed E-state index contributed by atoms with van der Waals surface area (Å²) in [5, 5.41) is 6.24. The summed E-state index contributed by atoms with van der Waals surface area (Å²) in [6, 6.07) is 11.4. The Balaban J connectivity index is 2.58. The molecular weight excluding hydrogens is 570 g/mol. The largest absolute Gasteiger partial charge is 0.444 e. The molecule has 2 unspecified atom stereocenters. The third-order valence-corrected chi connectivity index (χ3v) is 7.83. The number of nitrogens with zero attached hydrogens (tertiary/aromatic N) is 1. The van der Waals surface area contributed by atoms with Crippen molar-refractivity contribution in [2.45, 2.75) is 97.8 Å². The van der Waals surface area contributed by atoms with Crippen LogP contribution in [-0.4, -0.2) is 53.0 Å². The Kier molecular flexibility index (Phi) is 14.7. The molecule has 0 aliphatic rings. The molecule has 2 atom stereocenters. The van der Waals surface area contributed by atoms with Gasteiger partial charge in [-0.3, -0.25) is 9.59 Å². The zero-order valence-corrected chi connectivity index (χ0v) is 27.8. The van der Waals surface area contributed by atoms with Crippen LogP contribution in [0.2, 0.25) is 5.02 Å². The van der Waals surface area contributed by atoms with Crippen LogP contribution in [0.15, 0.2) is 42.5 Å². The van der Waals surface area contributed by atoms with E-state index in [-0.39, 0.29) is 11.8 Å². The van der Waals surface area contributed by atoms with Crippen molar-refractivity contribution in [1.29, 1.82) is 0 Å². The van der Waals surface area contributed by atoms with E-state index in [1.54, 1.807) is 43.5 Å². The number of hydrogen-bond acceptors (Lipinski definition) is 5. The van der Waals surface area contributed by atoms with Crippen molar-refractivity contribution in [2.24, 2.45) is 0 Å². The number of rotatable bonds is 15. The molecule has 0 fully saturated rings. The number of nitrogens with one attached hydrogen (secondary N) is 2. The predicted octanol–water partition coefficient (Wildman–Crippen LogP) is 7.95. The third kappa shape index (κ3) is 11.2. The number of aryl methyl sites for hydroxylation is 2. The lowest BCUT2D eigenvalue weighted by atomic mass is 9.99. The van der Waals surface area contributed by atoms with Gasteiger partial charge in [-0.1, -0.05) is 81.1 Å². The number of thioether (sulfide) groups is 1. The second-order valence-corrected chi connectivity index (χ2v) is 12.9. The van der Waals surface area contributed by atoms with E-state index < -0.39 is 23.8 Å². The second kappa shape index (κ2) is 17.4. The molecule has 2 aromatic carbocycles. The van der Waals surface area contributed by atoms with Crippen molar-refractivity contribution in [3.63, 3.8) is 0 Å². The predicted molar refractivity (Wildman–Crippen MR) is 175 cm³/mol. The van der Waals surface area contributed by atoms with Crippen LogP contribution in [0.4, 0.5) is 10.5 Å². The fourth-order valence-corrected chi connectivity index (χ4v) is 5.35. The first kappa shape index (κ1) is 35.5. The number of benzene rings is 2. The average Bonchev–Trinajstić information content (AvgIpc) is 2.93. The molecule has 232 valence electrons. The van der Waals surface area contributed by atoms with Gasteiger partial charge in [0.1, 0.15) is 17.7 Å². The van der Waals surface area contributed by atoms with Crippen LogP contribution in [0, 0.1) is 6.92 Å². The Bertz CT molecular complexity index is 1150. The fourth-order valence-electron chi connectivity index (χ4n) is 4.61. The third-order valence-electron chi connectivity index (χ3n) is 6.87. The van der Waals surface area contributed by atoms with Gasteiger partial charge in [0.25, 0.3) is 5.91 Å². The summed E-state index contributed by atoms with van der Waals surface area (Å²) in [6.07, 6.45) is 6.25. The minimum Gasteiger partial charge on any atom is -0.444 e. The van der Waals surface area contributed by atoms with Gasteiger partial charge in [-0.25, -0.2) is 4.79 Å². The first-order valence-electron chi connectivity index (χ1n) is 14.9. The maximum atomic E-state index is 14.4. The van der Waals surface area contributed by atoms with Crippen LogP contribution < -0.4 is 10.6 Å². The summed E-state index contributed by atoms with van der Waals surface area (Å²) < 4.78 is 5.49. The molecule has 0 saturated carbocycles. The smallest absolute Gasteiger partial charge is 0.408 e. The number of anilines is 1. The summed E-state index contributed by atoms with van der Waals surface area (Å²) in [5.41, 5.74) is 2.45. The SMILES string of the molecule is CCCCCCN(C(=O)C(CCSC)NC(=O)OC(C)(C)C)C(C(=O)Nc1c(C)cccc1Cl)c1ccc(CC)cc1. The van der Waals surface area contributed by atoms with Crippen LogP contribution in [0.1, 0.15) is 89.5 Å². The monoisotopic (exact) mass is 617 g/mol. The number of para-hydroxylation sites is 1. The molecule has 2 rings (SSSR count). The minimum absolute atomic E-state index is 0.318. The van der Waals surface area contributed by atoms with E-state index in [4.69, 9.17) is 16.3 Å². The van der Waals surface area contributed by atoms with E-state index in [9.17, 15) is 14.4 Å². The summed E-state index contributed by atoms with van der Waals surface area (Å²) in [4.78, 5) is 43.0. The van der Waals surface area contributed by atoms with E-state index in [1.165, 1.54) is 0 Å². The molecule has 0 radical (unpaired) electrons. The number of unbranched alkanes of at least 4 members (excludes halogenated alkanes) is 3. The first-order valence-corrected chi connectivity index (χ1v) is 16.6. The van der Waals surface area contributed by atoms with Gasteiger partial charge in [-0.05, 0) is 81.7 Å². The van der Waals surface area contributed by atoms with Crippen LogP contribution in [-0.2, 0) is 20.7 Å². The molecule has 0 bridgehead atoms. The number of hydrogen-bond donors (Lipinski definition) is 2. The lowest BCUT2D eigenvalue weighted by Gasteiger charge is -2.35. The Morgan fingerprint density at radius 1 is 1.02 bits per heavy atom. The molecule has 0 spiro atoms. The van der Waals surface area contributed by atoms with Crippen molar-refractivity contribution in [2.75, 3.05) is 23.9 Å². The molecule has 0 saturated heterocycles. The maximum Gasteiger partial charge on any atom is 0.408 e. The molecule has 7 nitrogen and oxygen atoms in total. The Morgan fingerprint density at radius 2 is 1.71 bits per heavy atom. The van der Waals surface area contributed by atoms with Gasteiger partial charge >= 0.3 is 6.09 Å². The van der Waals surface area contributed by atoms with Gasteiger partial charge < -0.3 is 20.3 Å². The molecule has 42 heavy (non-hydrogen) atoms. The molecule has 0 aliphatic heterocycles. The highest BCUT2D eigenvalue weighted by molar-refractivity contribution is 7.98. The van der Waals surface area contributed by atoms with Crippen molar-refractivity contribution in [1.82, 2.24) is 10.2 Å². The van der Waals surface area contributed by atoms with Crippen LogP contribution >= 0.6 is 23.4 Å². The average molecular weight is 618 g/mol. The van der Waals surface area contributed by atoms with Crippen molar-refractivity contribution >= 4 is 47.0 Å². The van der Waals surface area contributed by atoms with Crippen molar-refractivity contribution < 1.29 is 19.1 Å². The summed E-state index contributed by atoms with van der Waals surface area (Å²) in [6.45, 7) is 11.8. The molecular formula is C33H48ClN3O4S. The molecule has 2 N–H and O–H groups in total. The maximum absolute atomic E-state index is 14.4. The van der Waals surface area contributed by atoms with E-state index in [0.717, 1.165) is 43.2 Å². The fraction of sp³-hybridized carbons (Fsp3) is 0.545. The van der Waals surface area contributed by atoms with Crippen molar-refractivity contribution in [3.05, 3.63) is 64.2 Å². The quantitative estimate of drug-likeness (QED) is 0.198. The summed E-state index contributed by atoms with van der Waals surface area (Å²) in [7, 11) is 0. The standard InChI is InChI=1S/C33H48ClN3O4S/c1-8-10-11-12-21-37(31(39)27(20-22-42-7)35-32(40)41-33(4,5)6)29(25-18-16-24(9-2)17-19-25)30(38)36-28-23(3)14-13-15-26(28)34/h13-19,27,29H,8-12,20-22H2,1-7H3,(H,35,40)(H,36,38). The number of carbonyl (C=O) groups is 3. The highest BCUT2D eigenvalue weighted by atomic mass is 35.5. The van der Waals surface area contributed by atoms with E-state index in [1.807, 2.05) is 49.6 Å². The summed E-state index contributed by atoms with van der Waals surface area (Å²) >= 11 is 8.07. The molecule has 9 heteroatoms. The van der Waals surface area contributed by atoms with Gasteiger partial charge in [0.2, 0.25) is 5.91 Å². The van der Waals surface area contributed by atoms with Gasteiger partial charge in [0.05, 0.1) is 10.7 Å². The topological polar surface area (TPSA) is 87.7 Å². The highest BCUT2D eigenvalue weighted by Gasteiger charge is 2.36. The van der Waals surface area contributed by atoms with E-state index >= 15 is 0 Å². The number of carbonyl (C=O) groups excluding carboxylic acids is 3. The Morgan fingerprint density at radius 3 is 2.29 bits per heavy atom. The zero-order chi connectivity index (χ0) is 31.3. The zero-order valence-electron chi connectivity index (χ0n) is 26.2. The Hall–Kier alpha value is -2.71. The molecule has 3 amide bonds. The Labute approximate surface area is 261 Å². The lowest BCUT2D eigenvalue weighted by molar-refractivity contribution is -0.141. The first-order chi connectivity index (χ1) is 19.9. The van der Waals surface area contributed by atoms with Gasteiger partial charge in [0.15, 0.2) is 0 Å². The van der Waals surface area contributed by atoms with E-state index in [2.05, 4.69) is 24.5 Å². The second-order valence-electron chi connectivity index (χ2n) is 11.5. The van der Waals surface area contributed by atoms with Gasteiger partial charge in [-0.2, -0.15) is 11.8 Å².